The molecule has 0 aromatic heterocycles. The standard InChI is InChI=1S/C14H17ClN2O3/c1-9-8-10(15)5-6-11(9)16-13(18)12-4-3-7-17(12)14(19)20-2/h5-6,8,12H,3-4,7H2,1-2H3,(H,16,18). The minimum atomic E-state index is -0.475. The van der Waals surface area contributed by atoms with Gasteiger partial charge in [0.05, 0.1) is 7.11 Å². The van der Waals surface area contributed by atoms with E-state index in [-0.39, 0.29) is 5.91 Å². The van der Waals surface area contributed by atoms with Gasteiger partial charge in [0, 0.05) is 17.3 Å². The van der Waals surface area contributed by atoms with Crippen molar-refractivity contribution in [1.29, 1.82) is 0 Å². The number of halogens is 1. The molecule has 20 heavy (non-hydrogen) atoms. The fourth-order valence-electron chi connectivity index (χ4n) is 2.36. The summed E-state index contributed by atoms with van der Waals surface area (Å²) in [6.07, 6.45) is 0.982. The Bertz CT molecular complexity index is 533. The van der Waals surface area contributed by atoms with Gasteiger partial charge in [-0.3, -0.25) is 9.69 Å². The number of methoxy groups -OCH3 is 1. The van der Waals surface area contributed by atoms with Crippen LogP contribution in [0, 0.1) is 6.92 Å². The lowest BCUT2D eigenvalue weighted by atomic mass is 10.1. The summed E-state index contributed by atoms with van der Waals surface area (Å²) in [5, 5.41) is 3.46. The molecule has 0 saturated carbocycles. The number of benzene rings is 1. The second-order valence-corrected chi connectivity index (χ2v) is 5.21. The predicted molar refractivity (Wildman–Crippen MR) is 77.0 cm³/mol. The lowest BCUT2D eigenvalue weighted by Gasteiger charge is -2.22. The van der Waals surface area contributed by atoms with Crippen LogP contribution in [0.2, 0.25) is 5.02 Å². The van der Waals surface area contributed by atoms with Crippen molar-refractivity contribution in [1.82, 2.24) is 4.90 Å². The number of nitrogens with zero attached hydrogens (tertiary/aromatic N) is 1. The Morgan fingerprint density at radius 1 is 1.45 bits per heavy atom. The van der Waals surface area contributed by atoms with E-state index in [0.29, 0.717) is 23.7 Å². The van der Waals surface area contributed by atoms with Crippen molar-refractivity contribution in [2.75, 3.05) is 19.0 Å². The molecule has 0 bridgehead atoms. The van der Waals surface area contributed by atoms with Crippen LogP contribution in [0.4, 0.5) is 10.5 Å². The highest BCUT2D eigenvalue weighted by atomic mass is 35.5. The Morgan fingerprint density at radius 3 is 2.85 bits per heavy atom. The number of hydrogen-bond acceptors (Lipinski definition) is 3. The quantitative estimate of drug-likeness (QED) is 0.913. The maximum Gasteiger partial charge on any atom is 0.410 e. The smallest absolute Gasteiger partial charge is 0.410 e. The van der Waals surface area contributed by atoms with Crippen molar-refractivity contribution >= 4 is 29.3 Å². The molecule has 1 aliphatic heterocycles. The molecular formula is C14H17ClN2O3. The summed E-state index contributed by atoms with van der Waals surface area (Å²) in [6.45, 7) is 2.42. The number of ether oxygens (including phenoxy) is 1. The molecule has 0 radical (unpaired) electrons. The van der Waals surface area contributed by atoms with Crippen LogP contribution in [0.25, 0.3) is 0 Å². The zero-order valence-corrected chi connectivity index (χ0v) is 12.2. The summed E-state index contributed by atoms with van der Waals surface area (Å²) in [7, 11) is 1.32. The fraction of sp³-hybridized carbons (Fsp3) is 0.429. The predicted octanol–water partition coefficient (Wildman–Crippen LogP) is 2.82. The van der Waals surface area contributed by atoms with Crippen molar-refractivity contribution in [2.45, 2.75) is 25.8 Å². The second kappa shape index (κ2) is 6.13. The average Bonchev–Trinajstić information content (AvgIpc) is 2.90. The number of nitrogens with one attached hydrogen (secondary N) is 1. The normalized spacial score (nSPS) is 17.9. The van der Waals surface area contributed by atoms with Crippen LogP contribution in [-0.4, -0.2) is 36.6 Å². The summed E-state index contributed by atoms with van der Waals surface area (Å²) in [5.41, 5.74) is 1.59. The molecule has 1 unspecified atom stereocenters. The molecule has 1 fully saturated rings. The van der Waals surface area contributed by atoms with Gasteiger partial charge in [0.25, 0.3) is 0 Å². The number of likely N-dealkylation sites (tertiary alicyclic amines) is 1. The maximum absolute atomic E-state index is 12.3. The van der Waals surface area contributed by atoms with Gasteiger partial charge in [0.15, 0.2) is 0 Å². The van der Waals surface area contributed by atoms with E-state index in [0.717, 1.165) is 12.0 Å². The van der Waals surface area contributed by atoms with Crippen molar-refractivity contribution in [3.05, 3.63) is 28.8 Å². The van der Waals surface area contributed by atoms with Crippen molar-refractivity contribution in [3.63, 3.8) is 0 Å². The number of carbonyl (C=O) groups excluding carboxylic acids is 2. The molecule has 2 amide bonds. The zero-order valence-electron chi connectivity index (χ0n) is 11.5. The average molecular weight is 297 g/mol. The van der Waals surface area contributed by atoms with Gasteiger partial charge < -0.3 is 10.1 Å². The topological polar surface area (TPSA) is 58.6 Å². The van der Waals surface area contributed by atoms with Crippen LogP contribution in [0.1, 0.15) is 18.4 Å². The number of hydrogen-bond donors (Lipinski definition) is 1. The summed E-state index contributed by atoms with van der Waals surface area (Å²) >= 11 is 5.88. The lowest BCUT2D eigenvalue weighted by Crippen LogP contribution is -2.43. The van der Waals surface area contributed by atoms with Crippen LogP contribution in [0.5, 0.6) is 0 Å². The molecule has 2 rings (SSSR count). The molecule has 1 aromatic rings. The molecule has 1 saturated heterocycles. The second-order valence-electron chi connectivity index (χ2n) is 4.77. The van der Waals surface area contributed by atoms with Crippen LogP contribution in [-0.2, 0) is 9.53 Å². The maximum atomic E-state index is 12.3. The Labute approximate surface area is 122 Å². The molecule has 6 heteroatoms. The number of aryl methyl sites for hydroxylation is 1. The zero-order chi connectivity index (χ0) is 14.7. The van der Waals surface area contributed by atoms with Gasteiger partial charge in [0.2, 0.25) is 5.91 Å². The highest BCUT2D eigenvalue weighted by Crippen LogP contribution is 2.23. The van der Waals surface area contributed by atoms with Crippen LogP contribution < -0.4 is 5.32 Å². The summed E-state index contributed by atoms with van der Waals surface area (Å²) in [5.74, 6) is -0.196. The van der Waals surface area contributed by atoms with Gasteiger partial charge in [-0.25, -0.2) is 4.79 Å². The van der Waals surface area contributed by atoms with Gasteiger partial charge in [-0.1, -0.05) is 11.6 Å². The lowest BCUT2D eigenvalue weighted by molar-refractivity contribution is -0.119. The van der Waals surface area contributed by atoms with Crippen LogP contribution in [0.15, 0.2) is 18.2 Å². The third-order valence-corrected chi connectivity index (χ3v) is 3.65. The van der Waals surface area contributed by atoms with Crippen molar-refractivity contribution in [3.8, 4) is 0 Å². The molecule has 1 aliphatic rings. The molecule has 1 atom stereocenters. The van der Waals surface area contributed by atoms with E-state index in [1.807, 2.05) is 6.92 Å². The van der Waals surface area contributed by atoms with Crippen molar-refractivity contribution in [2.24, 2.45) is 0 Å². The minimum Gasteiger partial charge on any atom is -0.453 e. The van der Waals surface area contributed by atoms with Gasteiger partial charge >= 0.3 is 6.09 Å². The van der Waals surface area contributed by atoms with Crippen LogP contribution >= 0.6 is 11.6 Å². The highest BCUT2D eigenvalue weighted by Gasteiger charge is 2.34. The van der Waals surface area contributed by atoms with E-state index in [9.17, 15) is 9.59 Å². The van der Waals surface area contributed by atoms with E-state index in [1.165, 1.54) is 12.0 Å². The molecule has 1 heterocycles. The van der Waals surface area contributed by atoms with E-state index in [1.54, 1.807) is 18.2 Å². The molecule has 5 nitrogen and oxygen atoms in total. The number of rotatable bonds is 2. The third-order valence-electron chi connectivity index (χ3n) is 3.41. The Morgan fingerprint density at radius 2 is 2.20 bits per heavy atom. The Hall–Kier alpha value is -1.75. The summed E-state index contributed by atoms with van der Waals surface area (Å²) in [6, 6.07) is 4.78. The van der Waals surface area contributed by atoms with Gasteiger partial charge in [-0.05, 0) is 43.5 Å². The first-order valence-corrected chi connectivity index (χ1v) is 6.82. The van der Waals surface area contributed by atoms with Gasteiger partial charge in [-0.15, -0.1) is 0 Å². The van der Waals surface area contributed by atoms with E-state index < -0.39 is 12.1 Å². The first kappa shape index (κ1) is 14.7. The van der Waals surface area contributed by atoms with Gasteiger partial charge in [0.1, 0.15) is 6.04 Å². The van der Waals surface area contributed by atoms with E-state index >= 15 is 0 Å². The number of carbonyl (C=O) groups is 2. The van der Waals surface area contributed by atoms with E-state index in [4.69, 9.17) is 16.3 Å². The molecule has 0 aliphatic carbocycles. The molecule has 108 valence electrons. The molecular weight excluding hydrogens is 280 g/mol. The molecule has 1 N–H and O–H groups in total. The number of amides is 2. The first-order chi connectivity index (χ1) is 9.52. The van der Waals surface area contributed by atoms with Crippen LogP contribution in [0.3, 0.4) is 0 Å². The highest BCUT2D eigenvalue weighted by molar-refractivity contribution is 6.30. The monoisotopic (exact) mass is 296 g/mol. The number of anilines is 1. The molecule has 0 spiro atoms. The molecule has 1 aromatic carbocycles. The van der Waals surface area contributed by atoms with Crippen molar-refractivity contribution < 1.29 is 14.3 Å². The largest absolute Gasteiger partial charge is 0.453 e. The minimum absolute atomic E-state index is 0.196. The van der Waals surface area contributed by atoms with Gasteiger partial charge in [-0.2, -0.15) is 0 Å². The third kappa shape index (κ3) is 3.04. The Balaban J connectivity index is 2.09. The van der Waals surface area contributed by atoms with E-state index in [2.05, 4.69) is 5.32 Å². The summed E-state index contributed by atoms with van der Waals surface area (Å²) < 4.78 is 4.69. The SMILES string of the molecule is COC(=O)N1CCCC1C(=O)Nc1ccc(Cl)cc1C. The Kier molecular flexibility index (Phi) is 4.49. The first-order valence-electron chi connectivity index (χ1n) is 6.44. The summed E-state index contributed by atoms with van der Waals surface area (Å²) in [4.78, 5) is 25.3. The fourth-order valence-corrected chi connectivity index (χ4v) is 2.59.